The summed E-state index contributed by atoms with van der Waals surface area (Å²) in [6.45, 7) is 0.523. The van der Waals surface area contributed by atoms with Gasteiger partial charge in [0.25, 0.3) is 5.69 Å². The van der Waals surface area contributed by atoms with Crippen molar-refractivity contribution in [2.24, 2.45) is 0 Å². The maximum absolute atomic E-state index is 11.8. The number of non-ortho nitro benzene ring substituents is 1. The van der Waals surface area contributed by atoms with Crippen molar-refractivity contribution in [3.63, 3.8) is 0 Å². The second-order valence-corrected chi connectivity index (χ2v) is 5.31. The Labute approximate surface area is 112 Å². The van der Waals surface area contributed by atoms with Crippen LogP contribution < -0.4 is 10.2 Å². The van der Waals surface area contributed by atoms with Gasteiger partial charge in [0.15, 0.2) is 0 Å². The van der Waals surface area contributed by atoms with Gasteiger partial charge in [-0.3, -0.25) is 14.9 Å². The van der Waals surface area contributed by atoms with Gasteiger partial charge in [0.1, 0.15) is 0 Å². The number of nitro groups is 1. The van der Waals surface area contributed by atoms with Crippen LogP contribution in [0.4, 0.5) is 17.1 Å². The molecule has 7 heteroatoms. The maximum Gasteiger partial charge on any atom is 0.271 e. The summed E-state index contributed by atoms with van der Waals surface area (Å²) in [4.78, 5) is 23.8. The highest BCUT2D eigenvalue weighted by molar-refractivity contribution is 9.09. The summed E-state index contributed by atoms with van der Waals surface area (Å²) >= 11 is 3.39. The Kier molecular flexibility index (Phi) is 3.51. The first kappa shape index (κ1) is 12.8. The number of nitrogens with zero attached hydrogens (tertiary/aromatic N) is 2. The lowest BCUT2D eigenvalue weighted by Gasteiger charge is -2.19. The number of carbonyl (C=O) groups excluding carboxylic acids is 1. The number of hydrogen-bond donors (Lipinski definition) is 1. The highest BCUT2D eigenvalue weighted by atomic mass is 79.9. The Morgan fingerprint density at radius 1 is 1.56 bits per heavy atom. The van der Waals surface area contributed by atoms with Crippen LogP contribution in [0.2, 0.25) is 0 Å². The molecule has 6 nitrogen and oxygen atoms in total. The van der Waals surface area contributed by atoms with Gasteiger partial charge in [-0.25, -0.2) is 0 Å². The van der Waals surface area contributed by atoms with Crippen molar-refractivity contribution in [3.8, 4) is 0 Å². The molecule has 1 fully saturated rings. The zero-order valence-corrected chi connectivity index (χ0v) is 11.3. The van der Waals surface area contributed by atoms with Gasteiger partial charge in [-0.2, -0.15) is 0 Å². The minimum Gasteiger partial charge on any atom is -0.386 e. The average Bonchev–Trinajstić information content (AvgIpc) is 2.67. The molecule has 1 N–H and O–H groups in total. The molecule has 1 unspecified atom stereocenters. The largest absolute Gasteiger partial charge is 0.386 e. The number of nitro benzene ring substituents is 1. The fourth-order valence-electron chi connectivity index (χ4n) is 1.97. The molecule has 2 rings (SSSR count). The normalized spacial score (nSPS) is 19.1. The molecule has 1 atom stereocenters. The maximum atomic E-state index is 11.8. The van der Waals surface area contributed by atoms with E-state index >= 15 is 0 Å². The molecule has 1 heterocycles. The highest BCUT2D eigenvalue weighted by Crippen LogP contribution is 2.34. The number of anilines is 2. The molecule has 1 aliphatic rings. The van der Waals surface area contributed by atoms with Crippen molar-refractivity contribution in [2.75, 3.05) is 23.8 Å². The van der Waals surface area contributed by atoms with Gasteiger partial charge in [0.05, 0.1) is 16.3 Å². The molecule has 96 valence electrons. The minimum atomic E-state index is -0.463. The van der Waals surface area contributed by atoms with Crippen LogP contribution in [0.1, 0.15) is 6.42 Å². The highest BCUT2D eigenvalue weighted by Gasteiger charge is 2.31. The van der Waals surface area contributed by atoms with Crippen molar-refractivity contribution >= 4 is 38.9 Å². The lowest BCUT2D eigenvalue weighted by atomic mass is 10.2. The van der Waals surface area contributed by atoms with E-state index < -0.39 is 4.92 Å². The van der Waals surface area contributed by atoms with E-state index in [9.17, 15) is 14.9 Å². The van der Waals surface area contributed by atoms with Crippen LogP contribution in [0.5, 0.6) is 0 Å². The number of hydrogen-bond acceptors (Lipinski definition) is 4. The number of amides is 1. The molecule has 18 heavy (non-hydrogen) atoms. The smallest absolute Gasteiger partial charge is 0.271 e. The van der Waals surface area contributed by atoms with E-state index in [-0.39, 0.29) is 16.4 Å². The van der Waals surface area contributed by atoms with Gasteiger partial charge in [-0.15, -0.1) is 0 Å². The molecule has 0 aromatic heterocycles. The van der Waals surface area contributed by atoms with Gasteiger partial charge in [0.2, 0.25) is 5.91 Å². The third-order valence-corrected chi connectivity index (χ3v) is 3.44. The molecule has 1 aromatic rings. The topological polar surface area (TPSA) is 75.5 Å². The molecule has 1 amide bonds. The molecule has 0 radical (unpaired) electrons. The van der Waals surface area contributed by atoms with E-state index in [1.54, 1.807) is 18.0 Å². The Bertz CT molecular complexity index is 506. The number of alkyl halides is 1. The minimum absolute atomic E-state index is 0.0187. The van der Waals surface area contributed by atoms with Gasteiger partial charge < -0.3 is 10.2 Å². The van der Waals surface area contributed by atoms with Gasteiger partial charge in [0, 0.05) is 37.0 Å². The Morgan fingerprint density at radius 3 is 2.78 bits per heavy atom. The molecular formula is C11H12BrN3O3. The number of rotatable bonds is 3. The summed E-state index contributed by atoms with van der Waals surface area (Å²) in [6.07, 6.45) is 0.409. The second-order valence-electron chi connectivity index (χ2n) is 4.01. The zero-order chi connectivity index (χ0) is 13.3. The predicted molar refractivity (Wildman–Crippen MR) is 72.3 cm³/mol. The molecule has 1 aromatic carbocycles. The van der Waals surface area contributed by atoms with Gasteiger partial charge in [-0.1, -0.05) is 15.9 Å². The summed E-state index contributed by atoms with van der Waals surface area (Å²) in [5.41, 5.74) is 1.24. The lowest BCUT2D eigenvalue weighted by Crippen LogP contribution is -2.25. The summed E-state index contributed by atoms with van der Waals surface area (Å²) in [7, 11) is 1.72. The number of benzene rings is 1. The van der Waals surface area contributed by atoms with E-state index in [0.717, 1.165) is 0 Å². The van der Waals surface area contributed by atoms with Crippen LogP contribution in [0.25, 0.3) is 0 Å². The van der Waals surface area contributed by atoms with Gasteiger partial charge in [-0.05, 0) is 6.07 Å². The van der Waals surface area contributed by atoms with Gasteiger partial charge >= 0.3 is 0 Å². The van der Waals surface area contributed by atoms with Crippen molar-refractivity contribution in [1.82, 2.24) is 0 Å². The third kappa shape index (κ3) is 2.31. The molecule has 1 aliphatic heterocycles. The fraction of sp³-hybridized carbons (Fsp3) is 0.364. The first-order valence-corrected chi connectivity index (χ1v) is 6.35. The summed E-state index contributed by atoms with van der Waals surface area (Å²) in [5.74, 6) is -0.0335. The number of carbonyl (C=O) groups is 1. The molecule has 0 bridgehead atoms. The average molecular weight is 314 g/mol. The van der Waals surface area contributed by atoms with Crippen LogP contribution in [-0.2, 0) is 4.79 Å². The van der Waals surface area contributed by atoms with E-state index in [4.69, 9.17) is 0 Å². The lowest BCUT2D eigenvalue weighted by molar-refractivity contribution is -0.384. The summed E-state index contributed by atoms with van der Waals surface area (Å²) in [6, 6.07) is 4.46. The number of nitrogens with one attached hydrogen (secondary N) is 1. The predicted octanol–water partition coefficient (Wildman–Crippen LogP) is 2.14. The van der Waals surface area contributed by atoms with Crippen LogP contribution in [0.15, 0.2) is 18.2 Å². The van der Waals surface area contributed by atoms with Crippen LogP contribution in [0, 0.1) is 10.1 Å². The number of halogens is 1. The van der Waals surface area contributed by atoms with Crippen LogP contribution in [0.3, 0.4) is 0 Å². The van der Waals surface area contributed by atoms with Crippen molar-refractivity contribution in [3.05, 3.63) is 28.3 Å². The Morgan fingerprint density at radius 2 is 2.28 bits per heavy atom. The van der Waals surface area contributed by atoms with E-state index in [1.807, 2.05) is 0 Å². The third-order valence-electron chi connectivity index (χ3n) is 2.83. The quantitative estimate of drug-likeness (QED) is 0.527. The molecule has 0 saturated carbocycles. The van der Waals surface area contributed by atoms with E-state index in [1.165, 1.54) is 12.1 Å². The Balaban J connectivity index is 2.44. The first-order valence-electron chi connectivity index (χ1n) is 5.43. The zero-order valence-electron chi connectivity index (χ0n) is 9.72. The molecule has 1 saturated heterocycles. The monoisotopic (exact) mass is 313 g/mol. The molecule has 0 aliphatic carbocycles. The first-order chi connectivity index (χ1) is 8.52. The molecular weight excluding hydrogens is 302 g/mol. The van der Waals surface area contributed by atoms with Crippen molar-refractivity contribution < 1.29 is 9.72 Å². The van der Waals surface area contributed by atoms with Crippen molar-refractivity contribution in [1.29, 1.82) is 0 Å². The second kappa shape index (κ2) is 4.93. The molecule has 0 spiro atoms. The van der Waals surface area contributed by atoms with E-state index in [2.05, 4.69) is 21.2 Å². The van der Waals surface area contributed by atoms with Crippen LogP contribution in [-0.4, -0.2) is 29.3 Å². The fourth-order valence-corrected chi connectivity index (χ4v) is 2.53. The van der Waals surface area contributed by atoms with E-state index in [0.29, 0.717) is 24.3 Å². The standard InChI is InChI=1S/C11H12BrN3O3/c1-13-9-3-2-8(15(17)18)5-10(9)14-6-7(12)4-11(14)16/h2-3,5,7,13H,4,6H2,1H3. The summed E-state index contributed by atoms with van der Waals surface area (Å²) in [5, 5.41) is 13.7. The summed E-state index contributed by atoms with van der Waals surface area (Å²) < 4.78 is 0. The SMILES string of the molecule is CNc1ccc([N+](=O)[O-])cc1N1CC(Br)CC1=O. The van der Waals surface area contributed by atoms with Crippen LogP contribution >= 0.6 is 15.9 Å². The Hall–Kier alpha value is -1.63. The van der Waals surface area contributed by atoms with Crippen molar-refractivity contribution in [2.45, 2.75) is 11.2 Å².